The van der Waals surface area contributed by atoms with Gasteiger partial charge in [0.05, 0.1) is 3.57 Å². The maximum Gasteiger partial charge on any atom is 0.220 e. The van der Waals surface area contributed by atoms with E-state index in [0.29, 0.717) is 11.0 Å². The van der Waals surface area contributed by atoms with Gasteiger partial charge in [-0.15, -0.1) is 0 Å². The highest BCUT2D eigenvalue weighted by atomic mass is 127. The number of halogens is 2. The van der Waals surface area contributed by atoms with Crippen LogP contribution in [0.5, 0.6) is 11.6 Å². The molecule has 0 aliphatic carbocycles. The van der Waals surface area contributed by atoms with Crippen molar-refractivity contribution in [2.24, 2.45) is 0 Å². The van der Waals surface area contributed by atoms with Crippen molar-refractivity contribution in [1.82, 2.24) is 4.98 Å². The summed E-state index contributed by atoms with van der Waals surface area (Å²) in [5, 5.41) is 0.429. The summed E-state index contributed by atoms with van der Waals surface area (Å²) in [6, 6.07) is 13.0. The highest BCUT2D eigenvalue weighted by Gasteiger charge is 2.02. The summed E-state index contributed by atoms with van der Waals surface area (Å²) >= 11 is 7.97. The van der Waals surface area contributed by atoms with E-state index in [9.17, 15) is 0 Å². The molecular formula is C11H7ClINO. The Kier molecular flexibility index (Phi) is 3.43. The van der Waals surface area contributed by atoms with Crippen LogP contribution in [0, 0.1) is 3.57 Å². The van der Waals surface area contributed by atoms with Crippen LogP contribution in [0.15, 0.2) is 42.5 Å². The topological polar surface area (TPSA) is 22.1 Å². The lowest BCUT2D eigenvalue weighted by atomic mass is 10.3. The van der Waals surface area contributed by atoms with Gasteiger partial charge in [-0.1, -0.05) is 29.8 Å². The molecule has 2 nitrogen and oxygen atoms in total. The van der Waals surface area contributed by atoms with Crippen LogP contribution in [0.25, 0.3) is 0 Å². The summed E-state index contributed by atoms with van der Waals surface area (Å²) in [5.41, 5.74) is 0. The van der Waals surface area contributed by atoms with Gasteiger partial charge in [-0.25, -0.2) is 4.98 Å². The minimum atomic E-state index is 0.429. The van der Waals surface area contributed by atoms with Crippen LogP contribution in [0.3, 0.4) is 0 Å². The zero-order valence-corrected chi connectivity index (χ0v) is 10.6. The van der Waals surface area contributed by atoms with Crippen molar-refractivity contribution in [2.45, 2.75) is 0 Å². The van der Waals surface area contributed by atoms with E-state index in [-0.39, 0.29) is 0 Å². The van der Waals surface area contributed by atoms with Gasteiger partial charge in [0.15, 0.2) is 0 Å². The first-order valence-electron chi connectivity index (χ1n) is 4.30. The van der Waals surface area contributed by atoms with Gasteiger partial charge in [-0.2, -0.15) is 0 Å². The molecule has 1 aromatic heterocycles. The number of para-hydroxylation sites is 1. The van der Waals surface area contributed by atoms with Crippen molar-refractivity contribution < 1.29 is 4.74 Å². The Balaban J connectivity index is 2.26. The fourth-order valence-electron chi connectivity index (χ4n) is 1.09. The Morgan fingerprint density at radius 2 is 1.87 bits per heavy atom. The molecule has 76 valence electrons. The number of aromatic nitrogens is 1. The molecule has 2 rings (SSSR count). The van der Waals surface area contributed by atoms with Crippen LogP contribution in [0.2, 0.25) is 5.15 Å². The molecule has 1 heterocycles. The first-order valence-corrected chi connectivity index (χ1v) is 5.76. The van der Waals surface area contributed by atoms with Gasteiger partial charge >= 0.3 is 0 Å². The number of hydrogen-bond donors (Lipinski definition) is 0. The first kappa shape index (κ1) is 10.7. The van der Waals surface area contributed by atoms with Crippen LogP contribution in [-0.4, -0.2) is 4.98 Å². The fourth-order valence-corrected chi connectivity index (χ4v) is 1.74. The Morgan fingerprint density at radius 1 is 1.07 bits per heavy atom. The standard InChI is InChI=1S/C11H7ClINO/c12-10-6-3-7-11(14-10)15-9-5-2-1-4-8(9)13/h1-7H. The van der Waals surface area contributed by atoms with Crippen LogP contribution < -0.4 is 4.74 Å². The molecule has 15 heavy (non-hydrogen) atoms. The number of nitrogens with zero attached hydrogens (tertiary/aromatic N) is 1. The number of rotatable bonds is 2. The van der Waals surface area contributed by atoms with Crippen molar-refractivity contribution >= 4 is 34.2 Å². The molecule has 0 saturated heterocycles. The summed E-state index contributed by atoms with van der Waals surface area (Å²) in [6.45, 7) is 0. The molecule has 0 unspecified atom stereocenters. The van der Waals surface area contributed by atoms with E-state index < -0.39 is 0 Å². The van der Waals surface area contributed by atoms with Gasteiger partial charge in [-0.05, 0) is 40.8 Å². The molecule has 0 radical (unpaired) electrons. The number of pyridine rings is 1. The van der Waals surface area contributed by atoms with E-state index in [0.717, 1.165) is 9.32 Å². The molecular weight excluding hydrogens is 324 g/mol. The summed E-state index contributed by atoms with van der Waals surface area (Å²) in [4.78, 5) is 4.05. The summed E-state index contributed by atoms with van der Waals surface area (Å²) < 4.78 is 6.63. The van der Waals surface area contributed by atoms with Crippen molar-refractivity contribution in [2.75, 3.05) is 0 Å². The third kappa shape index (κ3) is 2.82. The minimum Gasteiger partial charge on any atom is -0.438 e. The van der Waals surface area contributed by atoms with Gasteiger partial charge in [0, 0.05) is 6.07 Å². The molecule has 0 aliphatic heterocycles. The zero-order valence-electron chi connectivity index (χ0n) is 7.65. The Bertz CT molecular complexity index is 476. The highest BCUT2D eigenvalue weighted by molar-refractivity contribution is 14.1. The van der Waals surface area contributed by atoms with Crippen LogP contribution in [0.4, 0.5) is 0 Å². The molecule has 0 fully saturated rings. The van der Waals surface area contributed by atoms with E-state index in [1.165, 1.54) is 0 Å². The van der Waals surface area contributed by atoms with E-state index in [1.54, 1.807) is 18.2 Å². The molecule has 0 atom stereocenters. The number of hydrogen-bond acceptors (Lipinski definition) is 2. The van der Waals surface area contributed by atoms with E-state index in [1.807, 2.05) is 24.3 Å². The van der Waals surface area contributed by atoms with Crippen LogP contribution >= 0.6 is 34.2 Å². The van der Waals surface area contributed by atoms with Gasteiger partial charge < -0.3 is 4.74 Å². The second kappa shape index (κ2) is 4.81. The molecule has 4 heteroatoms. The zero-order chi connectivity index (χ0) is 10.7. The lowest BCUT2D eigenvalue weighted by Gasteiger charge is -2.06. The van der Waals surface area contributed by atoms with Crippen molar-refractivity contribution in [1.29, 1.82) is 0 Å². The van der Waals surface area contributed by atoms with E-state index >= 15 is 0 Å². The number of benzene rings is 1. The monoisotopic (exact) mass is 331 g/mol. The average Bonchev–Trinajstić information content (AvgIpc) is 2.22. The van der Waals surface area contributed by atoms with Crippen LogP contribution in [0.1, 0.15) is 0 Å². The molecule has 2 aromatic rings. The van der Waals surface area contributed by atoms with Crippen molar-refractivity contribution in [3.8, 4) is 11.6 Å². The maximum absolute atomic E-state index is 5.76. The van der Waals surface area contributed by atoms with Gasteiger partial charge in [0.25, 0.3) is 0 Å². The van der Waals surface area contributed by atoms with Crippen molar-refractivity contribution in [3.05, 3.63) is 51.2 Å². The van der Waals surface area contributed by atoms with Gasteiger partial charge in [0.2, 0.25) is 5.88 Å². The summed E-state index contributed by atoms with van der Waals surface area (Å²) in [6.07, 6.45) is 0. The number of ether oxygens (including phenoxy) is 1. The average molecular weight is 332 g/mol. The largest absolute Gasteiger partial charge is 0.438 e. The molecule has 0 saturated carbocycles. The molecule has 1 aromatic carbocycles. The van der Waals surface area contributed by atoms with Crippen molar-refractivity contribution in [3.63, 3.8) is 0 Å². The van der Waals surface area contributed by atoms with Gasteiger partial charge in [0.1, 0.15) is 10.9 Å². The van der Waals surface area contributed by atoms with Gasteiger partial charge in [-0.3, -0.25) is 0 Å². The summed E-state index contributed by atoms with van der Waals surface area (Å²) in [5.74, 6) is 1.29. The van der Waals surface area contributed by atoms with E-state index in [4.69, 9.17) is 16.3 Å². The lowest BCUT2D eigenvalue weighted by Crippen LogP contribution is -1.89. The predicted molar refractivity (Wildman–Crippen MR) is 68.5 cm³/mol. The van der Waals surface area contributed by atoms with Crippen LogP contribution in [-0.2, 0) is 0 Å². The predicted octanol–water partition coefficient (Wildman–Crippen LogP) is 4.13. The highest BCUT2D eigenvalue weighted by Crippen LogP contribution is 2.25. The third-order valence-electron chi connectivity index (χ3n) is 1.74. The quantitative estimate of drug-likeness (QED) is 0.610. The second-order valence-corrected chi connectivity index (χ2v) is 4.38. The second-order valence-electron chi connectivity index (χ2n) is 2.83. The summed E-state index contributed by atoms with van der Waals surface area (Å²) in [7, 11) is 0. The first-order chi connectivity index (χ1) is 7.25. The molecule has 0 N–H and O–H groups in total. The maximum atomic E-state index is 5.76. The SMILES string of the molecule is Clc1cccc(Oc2ccccc2I)n1. The fraction of sp³-hybridized carbons (Fsp3) is 0. The lowest BCUT2D eigenvalue weighted by molar-refractivity contribution is 0.460. The third-order valence-corrected chi connectivity index (χ3v) is 2.84. The molecule has 0 bridgehead atoms. The Labute approximate surface area is 106 Å². The normalized spacial score (nSPS) is 10.0. The Morgan fingerprint density at radius 3 is 2.60 bits per heavy atom. The molecule has 0 spiro atoms. The van der Waals surface area contributed by atoms with E-state index in [2.05, 4.69) is 27.6 Å². The molecule has 0 amide bonds. The minimum absolute atomic E-state index is 0.429. The Hall–Kier alpha value is -0.810. The smallest absolute Gasteiger partial charge is 0.220 e. The molecule has 0 aliphatic rings.